The number of nitrogens with zero attached hydrogens (tertiary/aromatic N) is 3. The highest BCUT2D eigenvalue weighted by molar-refractivity contribution is 7.89. The van der Waals surface area contributed by atoms with Crippen LogP contribution in [0.15, 0.2) is 60.0 Å². The van der Waals surface area contributed by atoms with Crippen molar-refractivity contribution in [2.24, 2.45) is 5.92 Å². The fourth-order valence-corrected chi connectivity index (χ4v) is 6.06. The lowest BCUT2D eigenvalue weighted by molar-refractivity contribution is -0.136. The predicted octanol–water partition coefficient (Wildman–Crippen LogP) is 4.03. The Balaban J connectivity index is 1.70. The van der Waals surface area contributed by atoms with Gasteiger partial charge in [0.05, 0.1) is 34.7 Å². The Morgan fingerprint density at radius 2 is 1.97 bits per heavy atom. The zero-order valence-corrected chi connectivity index (χ0v) is 20.4. The van der Waals surface area contributed by atoms with Crippen molar-refractivity contribution < 1.29 is 27.4 Å². The van der Waals surface area contributed by atoms with Gasteiger partial charge in [0.25, 0.3) is 0 Å². The van der Waals surface area contributed by atoms with E-state index in [1.54, 1.807) is 22.9 Å². The van der Waals surface area contributed by atoms with E-state index in [9.17, 15) is 22.7 Å². The molecule has 35 heavy (non-hydrogen) atoms. The fraction of sp³-hybridized carbons (Fsp3) is 0.360. The van der Waals surface area contributed by atoms with Crippen molar-refractivity contribution in [1.29, 1.82) is 0 Å². The standard InChI is InChI=1S/C25H28FN3O5S/c1-4-5-17-14-28(35(32,33)20-9-7-19(8-10-20)34-16(2)3)15-24(17)29-23-12-18(26)6-11-21(23)22(27-29)13-25(30)31/h4,6-12,16-17,24H,1,5,13-15H2,2-3H3,(H,30,31)/t17-,24+/m1/s1. The quantitative estimate of drug-likeness (QED) is 0.444. The van der Waals surface area contributed by atoms with Crippen LogP contribution in [0.1, 0.15) is 32.0 Å². The Labute approximate surface area is 203 Å². The van der Waals surface area contributed by atoms with Crippen LogP contribution in [0.25, 0.3) is 10.9 Å². The minimum absolute atomic E-state index is 0.0313. The van der Waals surface area contributed by atoms with Gasteiger partial charge in [0.15, 0.2) is 0 Å². The van der Waals surface area contributed by atoms with E-state index in [4.69, 9.17) is 4.74 Å². The van der Waals surface area contributed by atoms with Crippen LogP contribution in [0, 0.1) is 11.7 Å². The number of aliphatic carboxylic acids is 1. The number of halogens is 1. The van der Waals surface area contributed by atoms with Gasteiger partial charge < -0.3 is 9.84 Å². The van der Waals surface area contributed by atoms with Crippen molar-refractivity contribution in [3.05, 3.63) is 66.6 Å². The third-order valence-corrected chi connectivity index (χ3v) is 7.90. The monoisotopic (exact) mass is 501 g/mol. The zero-order chi connectivity index (χ0) is 25.3. The Morgan fingerprint density at radius 3 is 2.60 bits per heavy atom. The highest BCUT2D eigenvalue weighted by Crippen LogP contribution is 2.37. The third kappa shape index (κ3) is 5.08. The number of benzene rings is 2. The predicted molar refractivity (Wildman–Crippen MR) is 129 cm³/mol. The van der Waals surface area contributed by atoms with E-state index >= 15 is 0 Å². The fourth-order valence-electron chi connectivity index (χ4n) is 4.55. The number of aromatic nitrogens is 2. The summed E-state index contributed by atoms with van der Waals surface area (Å²) in [5, 5.41) is 14.3. The van der Waals surface area contributed by atoms with Crippen molar-refractivity contribution in [1.82, 2.24) is 14.1 Å². The molecule has 0 radical (unpaired) electrons. The Kier molecular flexibility index (Phi) is 6.95. The maximum absolute atomic E-state index is 14.1. The van der Waals surface area contributed by atoms with Crippen LogP contribution < -0.4 is 4.74 Å². The summed E-state index contributed by atoms with van der Waals surface area (Å²) in [6, 6.07) is 9.96. The number of rotatable bonds is 9. The van der Waals surface area contributed by atoms with Gasteiger partial charge in [-0.05, 0) is 68.7 Å². The first-order valence-corrected chi connectivity index (χ1v) is 12.8. The molecule has 3 aromatic rings. The van der Waals surface area contributed by atoms with Crippen LogP contribution >= 0.6 is 0 Å². The Bertz CT molecular complexity index is 1350. The normalized spacial score (nSPS) is 18.9. The molecule has 2 aromatic carbocycles. The highest BCUT2D eigenvalue weighted by atomic mass is 32.2. The number of ether oxygens (including phenoxy) is 1. The molecule has 1 aliphatic heterocycles. The number of carboxylic acid groups (broad SMARTS) is 1. The first-order chi connectivity index (χ1) is 16.6. The molecule has 1 fully saturated rings. The van der Waals surface area contributed by atoms with E-state index in [-0.39, 0.29) is 36.4 Å². The van der Waals surface area contributed by atoms with Gasteiger partial charge in [-0.15, -0.1) is 6.58 Å². The Morgan fingerprint density at radius 1 is 1.26 bits per heavy atom. The summed E-state index contributed by atoms with van der Waals surface area (Å²) in [5.74, 6) is -1.12. The molecule has 0 bridgehead atoms. The van der Waals surface area contributed by atoms with Crippen molar-refractivity contribution in [2.45, 2.75) is 43.7 Å². The van der Waals surface area contributed by atoms with Gasteiger partial charge in [0.2, 0.25) is 10.0 Å². The molecule has 1 saturated heterocycles. The van der Waals surface area contributed by atoms with Gasteiger partial charge in [0, 0.05) is 18.5 Å². The molecule has 2 heterocycles. The van der Waals surface area contributed by atoms with Crippen LogP contribution in [-0.2, 0) is 21.2 Å². The maximum Gasteiger partial charge on any atom is 0.309 e. The van der Waals surface area contributed by atoms with E-state index in [1.165, 1.54) is 34.6 Å². The lowest BCUT2D eigenvalue weighted by Gasteiger charge is -2.19. The van der Waals surface area contributed by atoms with Crippen molar-refractivity contribution in [3.63, 3.8) is 0 Å². The van der Waals surface area contributed by atoms with Crippen molar-refractivity contribution in [3.8, 4) is 5.75 Å². The van der Waals surface area contributed by atoms with Gasteiger partial charge in [-0.2, -0.15) is 9.40 Å². The molecule has 0 aliphatic carbocycles. The molecule has 8 nitrogen and oxygen atoms in total. The van der Waals surface area contributed by atoms with Crippen LogP contribution in [-0.4, -0.2) is 52.8 Å². The lowest BCUT2D eigenvalue weighted by atomic mass is 10.00. The smallest absolute Gasteiger partial charge is 0.309 e. The van der Waals surface area contributed by atoms with E-state index in [2.05, 4.69) is 11.7 Å². The molecule has 1 aliphatic rings. The summed E-state index contributed by atoms with van der Waals surface area (Å²) >= 11 is 0. The third-order valence-electron chi connectivity index (χ3n) is 6.05. The van der Waals surface area contributed by atoms with Gasteiger partial charge in [0.1, 0.15) is 11.6 Å². The molecular weight excluding hydrogens is 473 g/mol. The molecule has 10 heteroatoms. The molecule has 1 aromatic heterocycles. The minimum atomic E-state index is -3.82. The molecule has 4 rings (SSSR count). The van der Waals surface area contributed by atoms with Crippen LogP contribution in [0.5, 0.6) is 5.75 Å². The average Bonchev–Trinajstić information content (AvgIpc) is 3.35. The van der Waals surface area contributed by atoms with Gasteiger partial charge in [-0.3, -0.25) is 9.48 Å². The molecule has 0 unspecified atom stereocenters. The maximum atomic E-state index is 14.1. The topological polar surface area (TPSA) is 102 Å². The number of fused-ring (bicyclic) bond motifs is 1. The van der Waals surface area contributed by atoms with Crippen LogP contribution in [0.2, 0.25) is 0 Å². The molecular formula is C25H28FN3O5S. The van der Waals surface area contributed by atoms with Crippen LogP contribution in [0.3, 0.4) is 0 Å². The largest absolute Gasteiger partial charge is 0.491 e. The summed E-state index contributed by atoms with van der Waals surface area (Å²) in [6.45, 7) is 7.93. The number of sulfonamides is 1. The summed E-state index contributed by atoms with van der Waals surface area (Å²) in [7, 11) is -3.82. The van der Waals surface area contributed by atoms with E-state index < -0.39 is 27.9 Å². The molecule has 186 valence electrons. The summed E-state index contributed by atoms with van der Waals surface area (Å²) in [4.78, 5) is 11.5. The molecule has 1 N–H and O–H groups in total. The van der Waals surface area contributed by atoms with Gasteiger partial charge in [-0.1, -0.05) is 6.08 Å². The number of carbonyl (C=O) groups is 1. The number of hydrogen-bond donors (Lipinski definition) is 1. The first-order valence-electron chi connectivity index (χ1n) is 11.4. The van der Waals surface area contributed by atoms with E-state index in [0.717, 1.165) is 0 Å². The summed E-state index contributed by atoms with van der Waals surface area (Å²) in [5.41, 5.74) is 0.752. The average molecular weight is 502 g/mol. The number of carboxylic acids is 1. The second-order valence-corrected chi connectivity index (χ2v) is 10.9. The summed E-state index contributed by atoms with van der Waals surface area (Å²) < 4.78 is 49.6. The highest BCUT2D eigenvalue weighted by Gasteiger charge is 2.41. The van der Waals surface area contributed by atoms with Gasteiger partial charge in [-0.25, -0.2) is 12.8 Å². The molecule has 2 atom stereocenters. The number of hydrogen-bond acceptors (Lipinski definition) is 5. The Hall–Kier alpha value is -3.24. The van der Waals surface area contributed by atoms with Gasteiger partial charge >= 0.3 is 5.97 Å². The lowest BCUT2D eigenvalue weighted by Crippen LogP contribution is -2.29. The van der Waals surface area contributed by atoms with E-state index in [1.807, 2.05) is 13.8 Å². The molecule has 0 spiro atoms. The number of allylic oxidation sites excluding steroid dienone is 1. The SMILES string of the molecule is C=CC[C@@H]1CN(S(=O)(=O)c2ccc(OC(C)C)cc2)C[C@@H]1n1nc(CC(=O)O)c2ccc(F)cc21. The zero-order valence-electron chi connectivity index (χ0n) is 19.6. The van der Waals surface area contributed by atoms with E-state index in [0.29, 0.717) is 28.8 Å². The first kappa shape index (κ1) is 24.9. The minimum Gasteiger partial charge on any atom is -0.491 e. The molecule has 0 amide bonds. The molecule has 0 saturated carbocycles. The second kappa shape index (κ2) is 9.79. The van der Waals surface area contributed by atoms with Crippen molar-refractivity contribution >= 4 is 26.9 Å². The summed E-state index contributed by atoms with van der Waals surface area (Å²) in [6.07, 6.45) is 1.89. The second-order valence-electron chi connectivity index (χ2n) is 8.94. The van der Waals surface area contributed by atoms with Crippen LogP contribution in [0.4, 0.5) is 4.39 Å². The van der Waals surface area contributed by atoms with Crippen molar-refractivity contribution in [2.75, 3.05) is 13.1 Å².